The van der Waals surface area contributed by atoms with Gasteiger partial charge in [-0.05, 0) is 58.4 Å². The number of ether oxygens (including phenoxy) is 2. The first kappa shape index (κ1) is 53.4. The number of hydrogen-bond donors (Lipinski definition) is 6. The van der Waals surface area contributed by atoms with Gasteiger partial charge >= 0.3 is 17.9 Å². The number of carboxylic acids is 3. The third-order valence-electron chi connectivity index (χ3n) is 10.3. The van der Waals surface area contributed by atoms with Crippen molar-refractivity contribution in [2.45, 2.75) is 58.2 Å². The van der Waals surface area contributed by atoms with Crippen LogP contribution in [0.1, 0.15) is 47.0 Å². The Hall–Kier alpha value is -6.18. The van der Waals surface area contributed by atoms with Crippen LogP contribution in [0.4, 0.5) is 5.69 Å². The maximum atomic E-state index is 13.2. The monoisotopic (exact) mass is 937 g/mol. The Kier molecular flexibility index (Phi) is 21.4. The summed E-state index contributed by atoms with van der Waals surface area (Å²) in [5, 5.41) is 53.1. The van der Waals surface area contributed by atoms with Crippen LogP contribution >= 0.6 is 0 Å². The molecule has 1 aliphatic heterocycles. The lowest BCUT2D eigenvalue weighted by molar-refractivity contribution is -0.140. The van der Waals surface area contributed by atoms with Crippen molar-refractivity contribution in [3.8, 4) is 23.0 Å². The SMILES string of the molecule is CC(C)(CNC(=O)CN1CCN(CC(=O)O)CCN(CC(=O)O)CCN(CC(=O)O)CC1)OCC(C)(C)OCCNC(=O)CCCC(=O)Nc1ccc(-c2nnc(-c3ccccn3)nn2)nc1. The topological polar surface area (TPSA) is 308 Å². The first-order valence-corrected chi connectivity index (χ1v) is 22.0. The standard InChI is InChI=1S/C43H63N13O11/c1-42(2,29-47-36(59)25-53-15-17-54(26-37(60)61)19-21-56(28-39(64)65)22-20-55(18-16-53)27-38(62)63)67-30-43(3,4)66-23-14-45-34(57)9-7-10-35(58)48-31-11-12-33(46-24-31)41-51-49-40(50-52-41)32-8-5-6-13-44-32/h5-6,8,11-13,24H,7,9-10,14-23,25-30H2,1-4H3,(H,45,57)(H,47,59)(H,48,58)(H,60,61)(H,62,63)(H,64,65). The molecule has 1 saturated heterocycles. The minimum atomic E-state index is -1.04. The summed E-state index contributed by atoms with van der Waals surface area (Å²) in [5.41, 5.74) is -0.105. The van der Waals surface area contributed by atoms with Crippen LogP contribution < -0.4 is 16.0 Å². The van der Waals surface area contributed by atoms with E-state index in [1.807, 2.05) is 38.7 Å². The molecule has 3 amide bonds. The zero-order valence-corrected chi connectivity index (χ0v) is 38.6. The van der Waals surface area contributed by atoms with Crippen molar-refractivity contribution in [2.24, 2.45) is 0 Å². The molecule has 0 bridgehead atoms. The molecule has 67 heavy (non-hydrogen) atoms. The third kappa shape index (κ3) is 21.3. The fraction of sp³-hybridized carbons (Fsp3) is 0.581. The van der Waals surface area contributed by atoms with Crippen LogP contribution in [-0.4, -0.2) is 217 Å². The zero-order chi connectivity index (χ0) is 48.8. The van der Waals surface area contributed by atoms with Gasteiger partial charge in [0, 0.05) is 84.5 Å². The normalized spacial score (nSPS) is 15.2. The summed E-state index contributed by atoms with van der Waals surface area (Å²) in [5.74, 6) is -3.40. The molecule has 1 fully saturated rings. The Morgan fingerprint density at radius 2 is 1.10 bits per heavy atom. The predicted molar refractivity (Wildman–Crippen MR) is 241 cm³/mol. The number of pyridine rings is 2. The van der Waals surface area contributed by atoms with Gasteiger partial charge in [-0.25, -0.2) is 0 Å². The summed E-state index contributed by atoms with van der Waals surface area (Å²) in [7, 11) is 0. The highest BCUT2D eigenvalue weighted by atomic mass is 16.6. The fourth-order valence-electron chi connectivity index (χ4n) is 6.59. The van der Waals surface area contributed by atoms with Crippen LogP contribution in [-0.2, 0) is 38.2 Å². The first-order chi connectivity index (χ1) is 31.8. The molecule has 24 heteroatoms. The van der Waals surface area contributed by atoms with Gasteiger partial charge in [0.1, 0.15) is 11.4 Å². The third-order valence-corrected chi connectivity index (χ3v) is 10.3. The predicted octanol–water partition coefficient (Wildman–Crippen LogP) is -0.202. The van der Waals surface area contributed by atoms with Gasteiger partial charge in [0.15, 0.2) is 0 Å². The zero-order valence-electron chi connectivity index (χ0n) is 38.6. The maximum Gasteiger partial charge on any atom is 0.317 e. The molecule has 0 atom stereocenters. The number of aliphatic carboxylic acids is 3. The molecule has 0 aromatic carbocycles. The van der Waals surface area contributed by atoms with Crippen molar-refractivity contribution in [3.05, 3.63) is 42.7 Å². The van der Waals surface area contributed by atoms with E-state index in [1.54, 1.807) is 45.2 Å². The second-order valence-electron chi connectivity index (χ2n) is 17.2. The molecule has 1 aliphatic rings. The smallest absolute Gasteiger partial charge is 0.317 e. The summed E-state index contributed by atoms with van der Waals surface area (Å²) in [4.78, 5) is 88.2. The summed E-state index contributed by atoms with van der Waals surface area (Å²) in [6.45, 7) is 9.64. The summed E-state index contributed by atoms with van der Waals surface area (Å²) < 4.78 is 12.1. The highest BCUT2D eigenvalue weighted by molar-refractivity contribution is 5.91. The van der Waals surface area contributed by atoms with Crippen molar-refractivity contribution in [1.29, 1.82) is 0 Å². The van der Waals surface area contributed by atoms with E-state index in [0.29, 0.717) is 49.7 Å². The van der Waals surface area contributed by atoms with Crippen molar-refractivity contribution < 1.29 is 53.6 Å². The Balaban J connectivity index is 1.12. The van der Waals surface area contributed by atoms with E-state index in [1.165, 1.54) is 6.20 Å². The highest BCUT2D eigenvalue weighted by Gasteiger charge is 2.27. The lowest BCUT2D eigenvalue weighted by Gasteiger charge is -2.33. The number of nitrogens with zero attached hydrogens (tertiary/aromatic N) is 10. The molecule has 0 radical (unpaired) electrons. The second kappa shape index (κ2) is 26.8. The number of carbonyl (C=O) groups excluding carboxylic acids is 3. The van der Waals surface area contributed by atoms with Crippen molar-refractivity contribution in [3.63, 3.8) is 0 Å². The minimum absolute atomic E-state index is 0.0263. The van der Waals surface area contributed by atoms with Gasteiger partial charge in [-0.3, -0.25) is 58.3 Å². The number of aromatic nitrogens is 6. The van der Waals surface area contributed by atoms with E-state index in [-0.39, 0.29) is 121 Å². The van der Waals surface area contributed by atoms with E-state index >= 15 is 0 Å². The van der Waals surface area contributed by atoms with Crippen molar-refractivity contribution in [2.75, 3.05) is 110 Å². The number of carbonyl (C=O) groups is 6. The molecule has 4 heterocycles. The van der Waals surface area contributed by atoms with Crippen molar-refractivity contribution >= 4 is 41.3 Å². The molecule has 0 saturated carbocycles. The Bertz CT molecular complexity index is 2030. The van der Waals surface area contributed by atoms with Gasteiger partial charge in [-0.15, -0.1) is 20.4 Å². The lowest BCUT2D eigenvalue weighted by atomic mass is 10.1. The number of carboxylic acid groups (broad SMARTS) is 3. The quantitative estimate of drug-likeness (QED) is 0.0634. The van der Waals surface area contributed by atoms with Crippen LogP contribution in [0.25, 0.3) is 23.0 Å². The van der Waals surface area contributed by atoms with Gasteiger partial charge in [-0.2, -0.15) is 0 Å². The largest absolute Gasteiger partial charge is 0.480 e. The Morgan fingerprint density at radius 1 is 0.597 bits per heavy atom. The highest BCUT2D eigenvalue weighted by Crippen LogP contribution is 2.17. The van der Waals surface area contributed by atoms with Gasteiger partial charge in [0.2, 0.25) is 29.4 Å². The van der Waals surface area contributed by atoms with Gasteiger partial charge in [0.25, 0.3) is 0 Å². The number of rotatable bonds is 24. The minimum Gasteiger partial charge on any atom is -0.480 e. The molecule has 366 valence electrons. The van der Waals surface area contributed by atoms with E-state index < -0.39 is 29.1 Å². The molecule has 0 unspecified atom stereocenters. The molecule has 0 spiro atoms. The van der Waals surface area contributed by atoms with Crippen LogP contribution in [0.15, 0.2) is 42.7 Å². The molecular weight excluding hydrogens is 875 g/mol. The fourth-order valence-corrected chi connectivity index (χ4v) is 6.59. The average molecular weight is 938 g/mol. The molecule has 3 aromatic heterocycles. The Morgan fingerprint density at radius 3 is 1.58 bits per heavy atom. The average Bonchev–Trinajstić information content (AvgIpc) is 3.27. The molecule has 0 aliphatic carbocycles. The van der Waals surface area contributed by atoms with E-state index in [2.05, 4.69) is 46.3 Å². The maximum absolute atomic E-state index is 13.2. The second-order valence-corrected chi connectivity index (χ2v) is 17.2. The summed E-state index contributed by atoms with van der Waals surface area (Å²) in [6.07, 6.45) is 3.68. The van der Waals surface area contributed by atoms with Gasteiger partial charge in [-0.1, -0.05) is 6.07 Å². The molecule has 24 nitrogen and oxygen atoms in total. The number of hydrogen-bond acceptors (Lipinski definition) is 18. The van der Waals surface area contributed by atoms with Crippen LogP contribution in [0.2, 0.25) is 0 Å². The van der Waals surface area contributed by atoms with Crippen LogP contribution in [0, 0.1) is 0 Å². The number of amides is 3. The van der Waals surface area contributed by atoms with E-state index in [9.17, 15) is 44.1 Å². The molecular formula is C43H63N13O11. The van der Waals surface area contributed by atoms with Gasteiger partial charge < -0.3 is 40.7 Å². The van der Waals surface area contributed by atoms with E-state index in [4.69, 9.17) is 9.47 Å². The van der Waals surface area contributed by atoms with Crippen LogP contribution in [0.3, 0.4) is 0 Å². The van der Waals surface area contributed by atoms with Gasteiger partial charge in [0.05, 0.1) is 62.5 Å². The Labute approximate surface area is 388 Å². The number of anilines is 1. The van der Waals surface area contributed by atoms with Crippen molar-refractivity contribution in [1.82, 2.24) is 60.6 Å². The van der Waals surface area contributed by atoms with Crippen LogP contribution in [0.5, 0.6) is 0 Å². The molecule has 4 rings (SSSR count). The number of nitrogens with one attached hydrogen (secondary N) is 3. The lowest BCUT2D eigenvalue weighted by Crippen LogP contribution is -2.50. The summed E-state index contributed by atoms with van der Waals surface area (Å²) in [6, 6.07) is 8.63. The summed E-state index contributed by atoms with van der Waals surface area (Å²) >= 11 is 0. The molecule has 6 N–H and O–H groups in total. The first-order valence-electron chi connectivity index (χ1n) is 22.0. The molecule has 3 aromatic rings. The van der Waals surface area contributed by atoms with E-state index in [0.717, 1.165) is 0 Å².